The van der Waals surface area contributed by atoms with Gasteiger partial charge in [-0.1, -0.05) is 11.6 Å². The zero-order valence-electron chi connectivity index (χ0n) is 6.12. The third-order valence-corrected chi connectivity index (χ3v) is 1.79. The van der Waals surface area contributed by atoms with E-state index in [-0.39, 0.29) is 0 Å². The highest BCUT2D eigenvalue weighted by Gasteiger charge is 2.34. The van der Waals surface area contributed by atoms with Crippen molar-refractivity contribution in [3.63, 3.8) is 0 Å². The molecule has 0 radical (unpaired) electrons. The standard InChI is InChI=1S/C7H4ClF4N/c8-5-3(7(10,11)12)1-2-4(13)6(5)9/h1-2H,13H2. The molecule has 0 fully saturated rings. The van der Waals surface area contributed by atoms with Gasteiger partial charge in [-0.3, -0.25) is 0 Å². The van der Waals surface area contributed by atoms with Crippen LogP contribution >= 0.6 is 11.6 Å². The third-order valence-electron chi connectivity index (χ3n) is 1.42. The lowest BCUT2D eigenvalue weighted by Gasteiger charge is -2.09. The highest BCUT2D eigenvalue weighted by molar-refractivity contribution is 6.31. The Bertz CT molecular complexity index is 334. The van der Waals surface area contributed by atoms with Crippen LogP contribution in [0.4, 0.5) is 23.2 Å². The second-order valence-corrected chi connectivity index (χ2v) is 2.71. The molecule has 0 bridgehead atoms. The molecule has 1 rings (SSSR count). The summed E-state index contributed by atoms with van der Waals surface area (Å²) >= 11 is 5.11. The third kappa shape index (κ3) is 1.85. The van der Waals surface area contributed by atoms with Gasteiger partial charge in [0.2, 0.25) is 0 Å². The molecule has 1 nitrogen and oxygen atoms in total. The summed E-state index contributed by atoms with van der Waals surface area (Å²) in [5.74, 6) is -1.24. The second-order valence-electron chi connectivity index (χ2n) is 2.33. The largest absolute Gasteiger partial charge is 0.417 e. The lowest BCUT2D eigenvalue weighted by molar-refractivity contribution is -0.137. The van der Waals surface area contributed by atoms with E-state index in [1.807, 2.05) is 0 Å². The Hall–Kier alpha value is -0.970. The van der Waals surface area contributed by atoms with Gasteiger partial charge in [0.25, 0.3) is 0 Å². The summed E-state index contributed by atoms with van der Waals surface area (Å²) in [6.07, 6.45) is -4.66. The molecule has 72 valence electrons. The Morgan fingerprint density at radius 2 is 1.77 bits per heavy atom. The van der Waals surface area contributed by atoms with Crippen LogP contribution in [0.15, 0.2) is 12.1 Å². The average molecular weight is 214 g/mol. The Labute approximate surface area is 76.1 Å². The minimum absolute atomic E-state index is 0.405. The van der Waals surface area contributed by atoms with Crippen LogP contribution in [0.1, 0.15) is 5.56 Å². The van der Waals surface area contributed by atoms with Crippen LogP contribution in [0.25, 0.3) is 0 Å². The highest BCUT2D eigenvalue weighted by Crippen LogP contribution is 2.37. The van der Waals surface area contributed by atoms with E-state index in [1.165, 1.54) is 0 Å². The van der Waals surface area contributed by atoms with Gasteiger partial charge in [-0.15, -0.1) is 0 Å². The number of halogens is 5. The molecule has 13 heavy (non-hydrogen) atoms. The fourth-order valence-corrected chi connectivity index (χ4v) is 1.06. The molecule has 1 aromatic carbocycles. The van der Waals surface area contributed by atoms with Crippen LogP contribution in [0.5, 0.6) is 0 Å². The van der Waals surface area contributed by atoms with Gasteiger partial charge in [-0.05, 0) is 12.1 Å². The van der Waals surface area contributed by atoms with Crippen molar-refractivity contribution in [3.05, 3.63) is 28.5 Å². The summed E-state index contributed by atoms with van der Waals surface area (Å²) in [6.45, 7) is 0. The zero-order valence-corrected chi connectivity index (χ0v) is 6.88. The second kappa shape index (κ2) is 3.06. The van der Waals surface area contributed by atoms with E-state index in [4.69, 9.17) is 17.3 Å². The minimum Gasteiger partial charge on any atom is -0.396 e. The number of nitrogen functional groups attached to an aromatic ring is 1. The zero-order chi connectivity index (χ0) is 10.2. The molecule has 0 amide bonds. The lowest BCUT2D eigenvalue weighted by atomic mass is 10.2. The predicted molar refractivity (Wildman–Crippen MR) is 40.8 cm³/mol. The molecule has 6 heteroatoms. The maximum absolute atomic E-state index is 12.8. The van der Waals surface area contributed by atoms with Crippen LogP contribution in [0, 0.1) is 5.82 Å². The molecule has 0 saturated heterocycles. The molecule has 0 heterocycles. The number of alkyl halides is 3. The van der Waals surface area contributed by atoms with Crippen molar-refractivity contribution in [1.29, 1.82) is 0 Å². The van der Waals surface area contributed by atoms with E-state index in [0.29, 0.717) is 6.07 Å². The topological polar surface area (TPSA) is 26.0 Å². The van der Waals surface area contributed by atoms with E-state index >= 15 is 0 Å². The first-order valence-corrected chi connectivity index (χ1v) is 3.52. The van der Waals surface area contributed by atoms with Crippen molar-refractivity contribution in [2.45, 2.75) is 6.18 Å². The minimum atomic E-state index is -4.66. The molecule has 0 aliphatic rings. The number of hydrogen-bond donors (Lipinski definition) is 1. The van der Waals surface area contributed by atoms with Gasteiger partial charge in [-0.2, -0.15) is 13.2 Å². The van der Waals surface area contributed by atoms with Crippen LogP contribution < -0.4 is 5.73 Å². The first kappa shape index (κ1) is 10.1. The van der Waals surface area contributed by atoms with Crippen molar-refractivity contribution < 1.29 is 17.6 Å². The molecular weight excluding hydrogens is 210 g/mol. The van der Waals surface area contributed by atoms with Crippen molar-refractivity contribution in [2.24, 2.45) is 0 Å². The molecular formula is C7H4ClF4N. The van der Waals surface area contributed by atoms with Gasteiger partial charge < -0.3 is 5.73 Å². The highest BCUT2D eigenvalue weighted by atomic mass is 35.5. The lowest BCUT2D eigenvalue weighted by Crippen LogP contribution is -2.07. The summed E-state index contributed by atoms with van der Waals surface area (Å²) in [6, 6.07) is 1.46. The normalized spacial score (nSPS) is 11.8. The summed E-state index contributed by atoms with van der Waals surface area (Å²) < 4.78 is 49.0. The van der Waals surface area contributed by atoms with Gasteiger partial charge >= 0.3 is 6.18 Å². The summed E-state index contributed by atoms with van der Waals surface area (Å²) in [5.41, 5.74) is 3.38. The van der Waals surface area contributed by atoms with Gasteiger partial charge in [-0.25, -0.2) is 4.39 Å². The van der Waals surface area contributed by atoms with E-state index < -0.39 is 28.3 Å². The smallest absolute Gasteiger partial charge is 0.396 e. The summed E-state index contributed by atoms with van der Waals surface area (Å²) in [4.78, 5) is 0. The van der Waals surface area contributed by atoms with E-state index in [2.05, 4.69) is 0 Å². The van der Waals surface area contributed by atoms with Crippen molar-refractivity contribution >= 4 is 17.3 Å². The maximum atomic E-state index is 12.8. The molecule has 1 aromatic rings. The fourth-order valence-electron chi connectivity index (χ4n) is 0.783. The molecule has 0 unspecified atom stereocenters. The predicted octanol–water partition coefficient (Wildman–Crippen LogP) is 3.08. The molecule has 0 atom stereocenters. The Morgan fingerprint density at radius 1 is 1.23 bits per heavy atom. The summed E-state index contributed by atoms with van der Waals surface area (Å²) in [5, 5.41) is -0.993. The Balaban J connectivity index is 3.35. The van der Waals surface area contributed by atoms with E-state index in [0.717, 1.165) is 6.07 Å². The molecule has 2 N–H and O–H groups in total. The molecule has 0 aliphatic heterocycles. The van der Waals surface area contributed by atoms with Crippen LogP contribution in [0.3, 0.4) is 0 Å². The molecule has 0 saturated carbocycles. The van der Waals surface area contributed by atoms with Gasteiger partial charge in [0.05, 0.1) is 16.3 Å². The maximum Gasteiger partial charge on any atom is 0.417 e. The van der Waals surface area contributed by atoms with E-state index in [9.17, 15) is 17.6 Å². The first-order chi connectivity index (χ1) is 5.84. The quantitative estimate of drug-likeness (QED) is 0.520. The first-order valence-electron chi connectivity index (χ1n) is 3.14. The van der Waals surface area contributed by atoms with Crippen molar-refractivity contribution in [1.82, 2.24) is 0 Å². The number of benzene rings is 1. The number of anilines is 1. The number of nitrogens with two attached hydrogens (primary N) is 1. The van der Waals surface area contributed by atoms with Gasteiger partial charge in [0.1, 0.15) is 0 Å². The van der Waals surface area contributed by atoms with Crippen LogP contribution in [-0.4, -0.2) is 0 Å². The van der Waals surface area contributed by atoms with Gasteiger partial charge in [0, 0.05) is 0 Å². The average Bonchev–Trinajstić information content (AvgIpc) is 1.98. The van der Waals surface area contributed by atoms with Gasteiger partial charge in [0.15, 0.2) is 5.82 Å². The molecule has 0 spiro atoms. The molecule has 0 aliphatic carbocycles. The molecule has 0 aromatic heterocycles. The monoisotopic (exact) mass is 213 g/mol. The number of hydrogen-bond acceptors (Lipinski definition) is 1. The van der Waals surface area contributed by atoms with Crippen LogP contribution in [-0.2, 0) is 6.18 Å². The SMILES string of the molecule is Nc1ccc(C(F)(F)F)c(Cl)c1F. The number of rotatable bonds is 0. The van der Waals surface area contributed by atoms with E-state index in [1.54, 1.807) is 0 Å². The van der Waals surface area contributed by atoms with Crippen LogP contribution in [0.2, 0.25) is 5.02 Å². The fraction of sp³-hybridized carbons (Fsp3) is 0.143. The Morgan fingerprint density at radius 3 is 2.23 bits per heavy atom. The summed E-state index contributed by atoms with van der Waals surface area (Å²) in [7, 11) is 0. The van der Waals surface area contributed by atoms with Crippen molar-refractivity contribution in [3.8, 4) is 0 Å². The van der Waals surface area contributed by atoms with Crippen molar-refractivity contribution in [2.75, 3.05) is 5.73 Å². The Kier molecular flexibility index (Phi) is 2.38.